The molecule has 3 heteroatoms. The van der Waals surface area contributed by atoms with Crippen molar-refractivity contribution >= 4 is 11.6 Å². The highest BCUT2D eigenvalue weighted by Crippen LogP contribution is 2.32. The molecular formula is C15H13ClN2. The van der Waals surface area contributed by atoms with E-state index < -0.39 is 5.41 Å². The smallest absolute Gasteiger partial charge is 0.0848 e. The summed E-state index contributed by atoms with van der Waals surface area (Å²) in [5.74, 6) is 0. The highest BCUT2D eigenvalue weighted by atomic mass is 35.5. The molecule has 90 valence electrons. The Morgan fingerprint density at radius 2 is 1.89 bits per heavy atom. The monoisotopic (exact) mass is 256 g/mol. The highest BCUT2D eigenvalue weighted by molar-refractivity contribution is 6.31. The van der Waals surface area contributed by atoms with Crippen LogP contribution >= 0.6 is 11.6 Å². The van der Waals surface area contributed by atoms with E-state index in [0.717, 1.165) is 11.1 Å². The van der Waals surface area contributed by atoms with E-state index in [9.17, 15) is 5.26 Å². The summed E-state index contributed by atoms with van der Waals surface area (Å²) in [4.78, 5) is 3.98. The van der Waals surface area contributed by atoms with E-state index in [1.165, 1.54) is 0 Å². The van der Waals surface area contributed by atoms with E-state index in [0.29, 0.717) is 11.4 Å². The summed E-state index contributed by atoms with van der Waals surface area (Å²) < 4.78 is 0. The van der Waals surface area contributed by atoms with Crippen molar-refractivity contribution in [3.05, 3.63) is 64.9 Å². The van der Waals surface area contributed by atoms with Crippen LogP contribution in [-0.4, -0.2) is 4.98 Å². The van der Waals surface area contributed by atoms with Gasteiger partial charge in [-0.15, -0.1) is 0 Å². The van der Waals surface area contributed by atoms with Crippen molar-refractivity contribution in [2.24, 2.45) is 0 Å². The molecule has 1 unspecified atom stereocenters. The molecule has 1 heterocycles. The Kier molecular flexibility index (Phi) is 3.64. The van der Waals surface area contributed by atoms with Crippen LogP contribution < -0.4 is 0 Å². The summed E-state index contributed by atoms with van der Waals surface area (Å²) in [7, 11) is 0. The fourth-order valence-electron chi connectivity index (χ4n) is 2.01. The van der Waals surface area contributed by atoms with Gasteiger partial charge in [0.25, 0.3) is 0 Å². The quantitative estimate of drug-likeness (QED) is 0.838. The van der Waals surface area contributed by atoms with Crippen molar-refractivity contribution in [1.82, 2.24) is 4.98 Å². The predicted octanol–water partition coefficient (Wildman–Crippen LogP) is 3.76. The Morgan fingerprint density at radius 3 is 2.50 bits per heavy atom. The molecule has 0 fully saturated rings. The number of rotatable bonds is 3. The SMILES string of the molecule is CC(C#N)(Cc1ccncc1)c1ccccc1Cl. The Morgan fingerprint density at radius 1 is 1.22 bits per heavy atom. The first kappa shape index (κ1) is 12.6. The van der Waals surface area contributed by atoms with E-state index in [1.807, 2.05) is 43.3 Å². The molecule has 0 aliphatic heterocycles. The number of pyridine rings is 1. The third-order valence-electron chi connectivity index (χ3n) is 3.02. The lowest BCUT2D eigenvalue weighted by Gasteiger charge is -2.23. The maximum atomic E-state index is 9.50. The van der Waals surface area contributed by atoms with Gasteiger partial charge in [0.05, 0.1) is 11.5 Å². The van der Waals surface area contributed by atoms with Crippen molar-refractivity contribution in [3.63, 3.8) is 0 Å². The summed E-state index contributed by atoms with van der Waals surface area (Å²) in [6, 6.07) is 13.7. The lowest BCUT2D eigenvalue weighted by Crippen LogP contribution is -2.23. The van der Waals surface area contributed by atoms with Crippen LogP contribution in [0.5, 0.6) is 0 Å². The molecule has 2 aromatic rings. The highest BCUT2D eigenvalue weighted by Gasteiger charge is 2.28. The summed E-state index contributed by atoms with van der Waals surface area (Å²) in [6.45, 7) is 1.91. The van der Waals surface area contributed by atoms with E-state index in [4.69, 9.17) is 11.6 Å². The van der Waals surface area contributed by atoms with E-state index in [-0.39, 0.29) is 0 Å². The van der Waals surface area contributed by atoms with Crippen LogP contribution in [0.1, 0.15) is 18.1 Å². The first-order valence-corrected chi connectivity index (χ1v) is 6.09. The number of nitriles is 1. The minimum absolute atomic E-state index is 0.621. The molecule has 0 amide bonds. The van der Waals surface area contributed by atoms with Crippen LogP contribution in [0.15, 0.2) is 48.8 Å². The number of halogens is 1. The molecule has 0 saturated carbocycles. The van der Waals surface area contributed by atoms with Gasteiger partial charge in [-0.05, 0) is 42.7 Å². The Hall–Kier alpha value is -1.85. The Bertz CT molecular complexity index is 575. The topological polar surface area (TPSA) is 36.7 Å². The molecule has 2 nitrogen and oxygen atoms in total. The average molecular weight is 257 g/mol. The normalized spacial score (nSPS) is 13.6. The fraction of sp³-hybridized carbons (Fsp3) is 0.200. The fourth-order valence-corrected chi connectivity index (χ4v) is 2.36. The van der Waals surface area contributed by atoms with Gasteiger partial charge in [-0.1, -0.05) is 29.8 Å². The van der Waals surface area contributed by atoms with Crippen molar-refractivity contribution in [1.29, 1.82) is 5.26 Å². The molecule has 2 rings (SSSR count). The van der Waals surface area contributed by atoms with Crippen molar-refractivity contribution < 1.29 is 0 Å². The predicted molar refractivity (Wildman–Crippen MR) is 72.4 cm³/mol. The molecule has 0 N–H and O–H groups in total. The molecule has 0 aliphatic rings. The number of hydrogen-bond donors (Lipinski definition) is 0. The molecule has 0 bridgehead atoms. The molecule has 0 radical (unpaired) electrons. The third kappa shape index (κ3) is 2.52. The van der Waals surface area contributed by atoms with Gasteiger partial charge < -0.3 is 0 Å². The summed E-state index contributed by atoms with van der Waals surface area (Å²) in [5.41, 5.74) is 1.32. The number of aromatic nitrogens is 1. The largest absolute Gasteiger partial charge is 0.265 e. The van der Waals surface area contributed by atoms with Crippen LogP contribution in [0.25, 0.3) is 0 Å². The van der Waals surface area contributed by atoms with Crippen molar-refractivity contribution in [2.45, 2.75) is 18.8 Å². The van der Waals surface area contributed by atoms with Gasteiger partial charge in [-0.3, -0.25) is 4.98 Å². The van der Waals surface area contributed by atoms with Gasteiger partial charge in [0.2, 0.25) is 0 Å². The summed E-state index contributed by atoms with van der Waals surface area (Å²) in [6.07, 6.45) is 4.09. The van der Waals surface area contributed by atoms with E-state index in [2.05, 4.69) is 11.1 Å². The Balaban J connectivity index is 2.38. The zero-order valence-electron chi connectivity index (χ0n) is 10.1. The van der Waals surface area contributed by atoms with Gasteiger partial charge in [0.1, 0.15) is 0 Å². The van der Waals surface area contributed by atoms with Gasteiger partial charge in [0.15, 0.2) is 0 Å². The van der Waals surface area contributed by atoms with Gasteiger partial charge >= 0.3 is 0 Å². The van der Waals surface area contributed by atoms with Crippen LogP contribution in [0.2, 0.25) is 5.02 Å². The summed E-state index contributed by atoms with van der Waals surface area (Å²) in [5, 5.41) is 10.1. The van der Waals surface area contributed by atoms with Gasteiger partial charge in [0, 0.05) is 17.4 Å². The molecule has 1 aromatic carbocycles. The zero-order valence-corrected chi connectivity index (χ0v) is 10.9. The molecule has 0 saturated heterocycles. The standard InChI is InChI=1S/C15H13ClN2/c1-15(11-17,10-12-6-8-18-9-7-12)13-4-2-3-5-14(13)16/h2-9H,10H2,1H3. The number of nitrogens with zero attached hydrogens (tertiary/aromatic N) is 2. The van der Waals surface area contributed by atoms with Crippen LogP contribution in [0.4, 0.5) is 0 Å². The maximum absolute atomic E-state index is 9.50. The van der Waals surface area contributed by atoms with Crippen molar-refractivity contribution in [3.8, 4) is 6.07 Å². The molecule has 0 aliphatic carbocycles. The maximum Gasteiger partial charge on any atom is 0.0848 e. The zero-order chi connectivity index (χ0) is 13.0. The van der Waals surface area contributed by atoms with Gasteiger partial charge in [-0.2, -0.15) is 5.26 Å². The molecule has 1 atom stereocenters. The second-order valence-electron chi connectivity index (χ2n) is 4.46. The molecular weight excluding hydrogens is 244 g/mol. The minimum Gasteiger partial charge on any atom is -0.265 e. The lowest BCUT2D eigenvalue weighted by molar-refractivity contribution is 0.606. The third-order valence-corrected chi connectivity index (χ3v) is 3.35. The van der Waals surface area contributed by atoms with Gasteiger partial charge in [-0.25, -0.2) is 0 Å². The van der Waals surface area contributed by atoms with E-state index >= 15 is 0 Å². The second-order valence-corrected chi connectivity index (χ2v) is 4.86. The van der Waals surface area contributed by atoms with E-state index in [1.54, 1.807) is 12.4 Å². The second kappa shape index (κ2) is 5.20. The molecule has 1 aromatic heterocycles. The first-order valence-electron chi connectivity index (χ1n) is 5.71. The number of benzene rings is 1. The number of hydrogen-bond acceptors (Lipinski definition) is 2. The van der Waals surface area contributed by atoms with Crippen LogP contribution in [0.3, 0.4) is 0 Å². The summed E-state index contributed by atoms with van der Waals surface area (Å²) >= 11 is 6.19. The van der Waals surface area contributed by atoms with Crippen LogP contribution in [0, 0.1) is 11.3 Å². The molecule has 0 spiro atoms. The average Bonchev–Trinajstić information content (AvgIpc) is 2.40. The Labute approximate surface area is 112 Å². The van der Waals surface area contributed by atoms with Crippen molar-refractivity contribution in [2.75, 3.05) is 0 Å². The van der Waals surface area contributed by atoms with Crippen LogP contribution in [-0.2, 0) is 11.8 Å². The minimum atomic E-state index is -0.625. The lowest BCUT2D eigenvalue weighted by atomic mass is 9.79. The molecule has 18 heavy (non-hydrogen) atoms. The first-order chi connectivity index (χ1) is 8.65.